The molecule has 0 bridgehead atoms. The summed E-state index contributed by atoms with van der Waals surface area (Å²) < 4.78 is 47.8. The summed E-state index contributed by atoms with van der Waals surface area (Å²) in [5.41, 5.74) is 0.232. The zero-order chi connectivity index (χ0) is 30.4. The molecular weight excluding hydrogens is 569 g/mol. The number of rotatable bonds is 11. The van der Waals surface area contributed by atoms with Crippen LogP contribution in [0.15, 0.2) is 77.7 Å². The lowest BCUT2D eigenvalue weighted by Gasteiger charge is -2.33. The van der Waals surface area contributed by atoms with E-state index in [1.807, 2.05) is 27.7 Å². The number of ether oxygens (including phenoxy) is 1. The minimum Gasteiger partial charge on any atom is -0.494 e. The Morgan fingerprint density at radius 2 is 1.56 bits per heavy atom. The predicted octanol–water partition coefficient (Wildman–Crippen LogP) is 5.41. The van der Waals surface area contributed by atoms with Crippen molar-refractivity contribution in [2.24, 2.45) is 0 Å². The largest absolute Gasteiger partial charge is 0.494 e. The summed E-state index contributed by atoms with van der Waals surface area (Å²) in [7, 11) is -4.24. The lowest BCUT2D eigenvalue weighted by Crippen LogP contribution is -2.54. The van der Waals surface area contributed by atoms with Crippen molar-refractivity contribution in [2.75, 3.05) is 17.5 Å². The zero-order valence-corrected chi connectivity index (χ0v) is 25.3. The molecule has 0 aliphatic rings. The first-order valence-electron chi connectivity index (χ1n) is 13.1. The minimum absolute atomic E-state index is 0.0457. The van der Waals surface area contributed by atoms with Crippen molar-refractivity contribution in [1.29, 1.82) is 0 Å². The molecule has 8 nitrogen and oxygen atoms in total. The molecule has 0 aliphatic carbocycles. The summed E-state index contributed by atoms with van der Waals surface area (Å²) in [6.07, 6.45) is 0. The van der Waals surface area contributed by atoms with Gasteiger partial charge in [0.25, 0.3) is 10.0 Å². The van der Waals surface area contributed by atoms with E-state index in [1.165, 1.54) is 53.4 Å². The van der Waals surface area contributed by atoms with Gasteiger partial charge in [-0.15, -0.1) is 0 Å². The van der Waals surface area contributed by atoms with Gasteiger partial charge in [-0.2, -0.15) is 0 Å². The molecule has 0 fully saturated rings. The first-order valence-corrected chi connectivity index (χ1v) is 14.9. The van der Waals surface area contributed by atoms with E-state index in [2.05, 4.69) is 5.32 Å². The van der Waals surface area contributed by atoms with Crippen molar-refractivity contribution >= 4 is 39.1 Å². The van der Waals surface area contributed by atoms with Gasteiger partial charge in [-0.05, 0) is 101 Å². The molecule has 0 radical (unpaired) electrons. The third-order valence-electron chi connectivity index (χ3n) is 6.05. The average Bonchev–Trinajstić information content (AvgIpc) is 2.91. The number of amides is 2. The predicted molar refractivity (Wildman–Crippen MR) is 158 cm³/mol. The highest BCUT2D eigenvalue weighted by Crippen LogP contribution is 2.27. The van der Waals surface area contributed by atoms with Crippen LogP contribution in [0.1, 0.15) is 40.2 Å². The molecule has 1 unspecified atom stereocenters. The van der Waals surface area contributed by atoms with Gasteiger partial charge in [0.1, 0.15) is 24.2 Å². The summed E-state index contributed by atoms with van der Waals surface area (Å²) >= 11 is 5.98. The number of sulfonamides is 1. The zero-order valence-electron chi connectivity index (χ0n) is 23.7. The van der Waals surface area contributed by atoms with Gasteiger partial charge in [0.15, 0.2) is 0 Å². The van der Waals surface area contributed by atoms with E-state index in [4.69, 9.17) is 16.3 Å². The summed E-state index contributed by atoms with van der Waals surface area (Å²) in [6, 6.07) is 16.5. The number of nitrogens with one attached hydrogen (secondary N) is 1. The minimum atomic E-state index is -4.24. The van der Waals surface area contributed by atoms with Crippen molar-refractivity contribution in [3.05, 3.63) is 89.2 Å². The Hall–Kier alpha value is -3.63. The molecule has 3 aromatic rings. The van der Waals surface area contributed by atoms with Crippen LogP contribution in [0.3, 0.4) is 0 Å². The quantitative estimate of drug-likeness (QED) is 0.316. The van der Waals surface area contributed by atoms with E-state index >= 15 is 0 Å². The molecule has 0 aromatic heterocycles. The van der Waals surface area contributed by atoms with Crippen LogP contribution in [-0.2, 0) is 26.2 Å². The topological polar surface area (TPSA) is 96.0 Å². The molecular formula is C30H35ClFN3O5S. The molecule has 0 saturated heterocycles. The third-order valence-corrected chi connectivity index (χ3v) is 8.09. The molecule has 0 spiro atoms. The van der Waals surface area contributed by atoms with Crippen LogP contribution in [0.4, 0.5) is 10.1 Å². The van der Waals surface area contributed by atoms with Crippen LogP contribution in [0.5, 0.6) is 5.75 Å². The summed E-state index contributed by atoms with van der Waals surface area (Å²) in [5.74, 6) is -0.948. The van der Waals surface area contributed by atoms with Gasteiger partial charge >= 0.3 is 0 Å². The fourth-order valence-corrected chi connectivity index (χ4v) is 5.52. The summed E-state index contributed by atoms with van der Waals surface area (Å²) in [5, 5.41) is 3.22. The number of hydrogen-bond acceptors (Lipinski definition) is 5. The average molecular weight is 604 g/mol. The highest BCUT2D eigenvalue weighted by atomic mass is 35.5. The monoisotopic (exact) mass is 603 g/mol. The first kappa shape index (κ1) is 31.9. The fourth-order valence-electron chi connectivity index (χ4n) is 3.98. The molecule has 41 heavy (non-hydrogen) atoms. The van der Waals surface area contributed by atoms with Crippen molar-refractivity contribution in [3.63, 3.8) is 0 Å². The molecule has 1 N–H and O–H groups in total. The maximum atomic E-state index is 13.9. The Bertz CT molecular complexity index is 1440. The van der Waals surface area contributed by atoms with Crippen LogP contribution in [-0.4, -0.2) is 49.9 Å². The van der Waals surface area contributed by atoms with Gasteiger partial charge < -0.3 is 15.0 Å². The van der Waals surface area contributed by atoms with Gasteiger partial charge in [0, 0.05) is 17.1 Å². The van der Waals surface area contributed by atoms with Crippen LogP contribution >= 0.6 is 11.6 Å². The standard InChI is InChI=1S/C30H35ClFN3O5S/c1-6-40-26-15-13-25(14-16-26)35(41(38,39)27-17-9-23(31)10-18-27)20-28(36)34(19-22-7-11-24(32)12-8-22)21(2)29(37)33-30(3,4)5/h7-18,21H,6,19-20H2,1-5H3,(H,33,37). The van der Waals surface area contributed by atoms with Crippen LogP contribution in [0, 0.1) is 5.82 Å². The molecule has 1 atom stereocenters. The van der Waals surface area contributed by atoms with Crippen molar-refractivity contribution < 1.29 is 27.1 Å². The number of carbonyl (C=O) groups excluding carboxylic acids is 2. The second-order valence-corrected chi connectivity index (χ2v) is 12.8. The Balaban J connectivity index is 2.03. The molecule has 0 aliphatic heterocycles. The van der Waals surface area contributed by atoms with Gasteiger partial charge in [-0.3, -0.25) is 13.9 Å². The highest BCUT2D eigenvalue weighted by Gasteiger charge is 2.33. The van der Waals surface area contributed by atoms with Gasteiger partial charge in [-0.25, -0.2) is 12.8 Å². The first-order chi connectivity index (χ1) is 19.2. The molecule has 0 saturated carbocycles. The Kier molecular flexibility index (Phi) is 10.4. The second-order valence-electron chi connectivity index (χ2n) is 10.5. The highest BCUT2D eigenvalue weighted by molar-refractivity contribution is 7.92. The Labute approximate surface area is 246 Å². The van der Waals surface area contributed by atoms with E-state index in [-0.39, 0.29) is 17.1 Å². The van der Waals surface area contributed by atoms with Crippen LogP contribution in [0.25, 0.3) is 0 Å². The van der Waals surface area contributed by atoms with Crippen molar-refractivity contribution in [2.45, 2.75) is 57.6 Å². The number of halogens is 2. The number of nitrogens with zero attached hydrogens (tertiary/aromatic N) is 2. The number of benzene rings is 3. The number of carbonyl (C=O) groups is 2. The fraction of sp³-hybridized carbons (Fsp3) is 0.333. The lowest BCUT2D eigenvalue weighted by molar-refractivity contribution is -0.140. The molecule has 11 heteroatoms. The van der Waals surface area contributed by atoms with Crippen molar-refractivity contribution in [3.8, 4) is 5.75 Å². The second kappa shape index (κ2) is 13.4. The number of anilines is 1. The van der Waals surface area contributed by atoms with E-state index in [0.29, 0.717) is 22.9 Å². The van der Waals surface area contributed by atoms with Gasteiger partial charge in [0.05, 0.1) is 17.2 Å². The van der Waals surface area contributed by atoms with E-state index in [1.54, 1.807) is 31.2 Å². The molecule has 0 heterocycles. The maximum Gasteiger partial charge on any atom is 0.264 e. The number of hydrogen-bond donors (Lipinski definition) is 1. The normalized spacial score (nSPS) is 12.4. The van der Waals surface area contributed by atoms with Crippen LogP contribution < -0.4 is 14.4 Å². The summed E-state index contributed by atoms with van der Waals surface area (Å²) in [6.45, 7) is 8.62. The van der Waals surface area contributed by atoms with E-state index in [9.17, 15) is 22.4 Å². The molecule has 2 amide bonds. The Morgan fingerprint density at radius 3 is 2.10 bits per heavy atom. The molecule has 3 rings (SSSR count). The van der Waals surface area contributed by atoms with Crippen LogP contribution in [0.2, 0.25) is 5.02 Å². The maximum absolute atomic E-state index is 13.9. The van der Waals surface area contributed by atoms with Gasteiger partial charge in [-0.1, -0.05) is 23.7 Å². The SMILES string of the molecule is CCOc1ccc(N(CC(=O)N(Cc2ccc(F)cc2)C(C)C(=O)NC(C)(C)C)S(=O)(=O)c2ccc(Cl)cc2)cc1. The van der Waals surface area contributed by atoms with E-state index < -0.39 is 45.8 Å². The lowest BCUT2D eigenvalue weighted by atomic mass is 10.1. The molecule has 220 valence electrons. The van der Waals surface area contributed by atoms with Gasteiger partial charge in [0.2, 0.25) is 11.8 Å². The third kappa shape index (κ3) is 8.68. The smallest absolute Gasteiger partial charge is 0.264 e. The summed E-state index contributed by atoms with van der Waals surface area (Å²) in [4.78, 5) is 28.3. The Morgan fingerprint density at radius 1 is 0.976 bits per heavy atom. The molecule has 3 aromatic carbocycles. The van der Waals surface area contributed by atoms with E-state index in [0.717, 1.165) is 4.31 Å². The van der Waals surface area contributed by atoms with Crippen molar-refractivity contribution in [1.82, 2.24) is 10.2 Å².